The molecule has 1 aromatic carbocycles. The molecular formula is C15H15NO3. The van der Waals surface area contributed by atoms with E-state index < -0.39 is 0 Å². The smallest absolute Gasteiger partial charge is 0.259 e. The van der Waals surface area contributed by atoms with E-state index in [0.29, 0.717) is 28.3 Å². The average Bonchev–Trinajstić information content (AvgIpc) is 2.69. The maximum absolute atomic E-state index is 12.0. The van der Waals surface area contributed by atoms with Crippen LogP contribution in [-0.4, -0.2) is 11.7 Å². The Morgan fingerprint density at radius 3 is 2.21 bits per heavy atom. The normalized spacial score (nSPS) is 10.3. The van der Waals surface area contributed by atoms with Gasteiger partial charge >= 0.3 is 0 Å². The van der Waals surface area contributed by atoms with Gasteiger partial charge in [0.25, 0.3) is 5.91 Å². The molecule has 2 aromatic rings. The van der Waals surface area contributed by atoms with Gasteiger partial charge in [-0.1, -0.05) is 0 Å². The first-order valence-corrected chi connectivity index (χ1v) is 5.97. The average molecular weight is 257 g/mol. The molecular weight excluding hydrogens is 242 g/mol. The third-order valence-corrected chi connectivity index (χ3v) is 2.83. The summed E-state index contributed by atoms with van der Waals surface area (Å²) in [4.78, 5) is 23.2. The summed E-state index contributed by atoms with van der Waals surface area (Å²) in [6.45, 7) is 5.05. The van der Waals surface area contributed by atoms with Gasteiger partial charge < -0.3 is 9.73 Å². The number of Topliss-reactive ketones (excluding diaryl/α,β-unsaturated/α-hetero) is 1. The molecule has 0 unspecified atom stereocenters. The Balaban J connectivity index is 2.15. The van der Waals surface area contributed by atoms with E-state index in [-0.39, 0.29) is 11.7 Å². The number of carbonyl (C=O) groups excluding carboxylic acids is 2. The van der Waals surface area contributed by atoms with Gasteiger partial charge in [-0.05, 0) is 51.1 Å². The van der Waals surface area contributed by atoms with E-state index >= 15 is 0 Å². The molecule has 0 saturated heterocycles. The zero-order chi connectivity index (χ0) is 14.0. The third-order valence-electron chi connectivity index (χ3n) is 2.83. The van der Waals surface area contributed by atoms with E-state index in [4.69, 9.17) is 4.42 Å². The number of ketones is 1. The number of hydrogen-bond donors (Lipinski definition) is 1. The predicted octanol–water partition coefficient (Wildman–Crippen LogP) is 3.35. The van der Waals surface area contributed by atoms with Gasteiger partial charge in [0.15, 0.2) is 5.78 Å². The number of furan rings is 1. The molecule has 0 aliphatic carbocycles. The second kappa shape index (κ2) is 5.10. The molecule has 0 spiro atoms. The lowest BCUT2D eigenvalue weighted by molar-refractivity contribution is 0.101. The number of hydrogen-bond acceptors (Lipinski definition) is 3. The Morgan fingerprint density at radius 1 is 1.11 bits per heavy atom. The Labute approximate surface area is 111 Å². The van der Waals surface area contributed by atoms with Gasteiger partial charge in [0.1, 0.15) is 11.5 Å². The van der Waals surface area contributed by atoms with E-state index in [1.54, 1.807) is 44.2 Å². The lowest BCUT2D eigenvalue weighted by Gasteiger charge is -2.04. The molecule has 0 bridgehead atoms. The van der Waals surface area contributed by atoms with E-state index in [0.717, 1.165) is 0 Å². The molecule has 0 saturated carbocycles. The molecule has 0 fully saturated rings. The van der Waals surface area contributed by atoms with Crippen LogP contribution >= 0.6 is 0 Å². The van der Waals surface area contributed by atoms with E-state index in [9.17, 15) is 9.59 Å². The van der Waals surface area contributed by atoms with Gasteiger partial charge in [-0.3, -0.25) is 9.59 Å². The second-order valence-corrected chi connectivity index (χ2v) is 4.41. The summed E-state index contributed by atoms with van der Waals surface area (Å²) in [6.07, 6.45) is 0. The Kier molecular flexibility index (Phi) is 3.51. The zero-order valence-corrected chi connectivity index (χ0v) is 11.1. The first-order valence-electron chi connectivity index (χ1n) is 5.97. The van der Waals surface area contributed by atoms with Crippen LogP contribution in [0.1, 0.15) is 39.2 Å². The third kappa shape index (κ3) is 2.91. The number of rotatable bonds is 3. The lowest BCUT2D eigenvalue weighted by atomic mass is 10.1. The van der Waals surface area contributed by atoms with Crippen molar-refractivity contribution in [3.8, 4) is 0 Å². The van der Waals surface area contributed by atoms with E-state index in [1.165, 1.54) is 6.92 Å². The minimum Gasteiger partial charge on any atom is -0.466 e. The van der Waals surface area contributed by atoms with Gasteiger partial charge in [0.2, 0.25) is 0 Å². The number of benzene rings is 1. The first kappa shape index (κ1) is 13.1. The predicted molar refractivity (Wildman–Crippen MR) is 72.6 cm³/mol. The minimum atomic E-state index is -0.218. The standard InChI is InChI=1S/C15H15NO3/c1-9-8-14(11(3)19-9)15(18)16-13-6-4-12(5-7-13)10(2)17/h4-8H,1-3H3,(H,16,18). The SMILES string of the molecule is CC(=O)c1ccc(NC(=O)c2cc(C)oc2C)cc1. The van der Waals surface area contributed by atoms with Crippen LogP contribution in [0.5, 0.6) is 0 Å². The molecule has 1 amide bonds. The molecule has 4 nitrogen and oxygen atoms in total. The summed E-state index contributed by atoms with van der Waals surface area (Å²) in [5, 5.41) is 2.77. The summed E-state index contributed by atoms with van der Waals surface area (Å²) in [6, 6.07) is 8.49. The number of carbonyl (C=O) groups is 2. The van der Waals surface area contributed by atoms with Crippen LogP contribution in [-0.2, 0) is 0 Å². The van der Waals surface area contributed by atoms with Gasteiger partial charge in [-0.2, -0.15) is 0 Å². The summed E-state index contributed by atoms with van der Waals surface area (Å²) >= 11 is 0. The van der Waals surface area contributed by atoms with Crippen LogP contribution in [0, 0.1) is 13.8 Å². The molecule has 0 aliphatic heterocycles. The van der Waals surface area contributed by atoms with Crippen molar-refractivity contribution in [2.45, 2.75) is 20.8 Å². The van der Waals surface area contributed by atoms with Crippen LogP contribution in [0.25, 0.3) is 0 Å². The highest BCUT2D eigenvalue weighted by molar-refractivity contribution is 6.05. The zero-order valence-electron chi connectivity index (χ0n) is 11.1. The van der Waals surface area contributed by atoms with Crippen LogP contribution in [0.15, 0.2) is 34.7 Å². The summed E-state index contributed by atoms with van der Waals surface area (Å²) in [5.74, 6) is 1.08. The van der Waals surface area contributed by atoms with Crippen molar-refractivity contribution in [1.82, 2.24) is 0 Å². The van der Waals surface area contributed by atoms with Crippen LogP contribution in [0.2, 0.25) is 0 Å². The highest BCUT2D eigenvalue weighted by Gasteiger charge is 2.13. The number of aryl methyl sites for hydroxylation is 2. The lowest BCUT2D eigenvalue weighted by Crippen LogP contribution is -2.12. The molecule has 0 atom stereocenters. The van der Waals surface area contributed by atoms with Crippen molar-refractivity contribution >= 4 is 17.4 Å². The Morgan fingerprint density at radius 2 is 1.74 bits per heavy atom. The highest BCUT2D eigenvalue weighted by Crippen LogP contribution is 2.16. The van der Waals surface area contributed by atoms with Gasteiger partial charge in [-0.15, -0.1) is 0 Å². The highest BCUT2D eigenvalue weighted by atomic mass is 16.3. The van der Waals surface area contributed by atoms with Crippen molar-refractivity contribution in [3.63, 3.8) is 0 Å². The maximum Gasteiger partial charge on any atom is 0.259 e. The summed E-state index contributed by atoms with van der Waals surface area (Å²) in [7, 11) is 0. The number of amides is 1. The molecule has 1 aromatic heterocycles. The fraction of sp³-hybridized carbons (Fsp3) is 0.200. The van der Waals surface area contributed by atoms with Crippen molar-refractivity contribution in [2.75, 3.05) is 5.32 Å². The molecule has 1 heterocycles. The van der Waals surface area contributed by atoms with Crippen LogP contribution in [0.4, 0.5) is 5.69 Å². The molecule has 4 heteroatoms. The van der Waals surface area contributed by atoms with Crippen molar-refractivity contribution in [3.05, 3.63) is 53.0 Å². The van der Waals surface area contributed by atoms with Crippen LogP contribution < -0.4 is 5.32 Å². The maximum atomic E-state index is 12.0. The monoisotopic (exact) mass is 257 g/mol. The topological polar surface area (TPSA) is 59.3 Å². The Bertz CT molecular complexity index is 623. The fourth-order valence-corrected chi connectivity index (χ4v) is 1.84. The van der Waals surface area contributed by atoms with Crippen molar-refractivity contribution in [1.29, 1.82) is 0 Å². The second-order valence-electron chi connectivity index (χ2n) is 4.41. The van der Waals surface area contributed by atoms with E-state index in [1.807, 2.05) is 0 Å². The van der Waals surface area contributed by atoms with Crippen LogP contribution in [0.3, 0.4) is 0 Å². The molecule has 0 radical (unpaired) electrons. The first-order chi connectivity index (χ1) is 8.97. The largest absolute Gasteiger partial charge is 0.466 e. The molecule has 98 valence electrons. The minimum absolute atomic E-state index is 0.000759. The molecule has 1 N–H and O–H groups in total. The van der Waals surface area contributed by atoms with Gasteiger partial charge in [0.05, 0.1) is 5.56 Å². The van der Waals surface area contributed by atoms with Crippen molar-refractivity contribution in [2.24, 2.45) is 0 Å². The molecule has 19 heavy (non-hydrogen) atoms. The van der Waals surface area contributed by atoms with E-state index in [2.05, 4.69) is 5.32 Å². The van der Waals surface area contributed by atoms with Gasteiger partial charge in [-0.25, -0.2) is 0 Å². The summed E-state index contributed by atoms with van der Waals surface area (Å²) in [5.41, 5.74) is 1.79. The van der Waals surface area contributed by atoms with Crippen molar-refractivity contribution < 1.29 is 14.0 Å². The number of anilines is 1. The quantitative estimate of drug-likeness (QED) is 0.858. The number of nitrogens with one attached hydrogen (secondary N) is 1. The van der Waals surface area contributed by atoms with Gasteiger partial charge in [0, 0.05) is 11.3 Å². The fourth-order valence-electron chi connectivity index (χ4n) is 1.84. The molecule has 2 rings (SSSR count). The Hall–Kier alpha value is -2.36. The molecule has 0 aliphatic rings. The summed E-state index contributed by atoms with van der Waals surface area (Å²) < 4.78 is 5.32.